The molecule has 2 N–H and O–H groups in total. The van der Waals surface area contributed by atoms with E-state index in [1.165, 1.54) is 0 Å². The van der Waals surface area contributed by atoms with Gasteiger partial charge in [0.2, 0.25) is 0 Å². The Hall–Kier alpha value is -2.04. The fourth-order valence-corrected chi connectivity index (χ4v) is 1.06. The number of nitriles is 2. The normalized spacial score (nSPS) is 8.79. The molecule has 4 nitrogen and oxygen atoms in total. The molecule has 0 spiro atoms. The molecule has 0 radical (unpaired) electrons. The molecule has 0 bridgehead atoms. The summed E-state index contributed by atoms with van der Waals surface area (Å²) in [7, 11) is 0. The van der Waals surface area contributed by atoms with Crippen molar-refractivity contribution in [1.82, 2.24) is 4.90 Å². The van der Waals surface area contributed by atoms with Crippen LogP contribution in [0.1, 0.15) is 11.1 Å². The van der Waals surface area contributed by atoms with Gasteiger partial charge >= 0.3 is 0 Å². The highest BCUT2D eigenvalue weighted by Gasteiger charge is 2.00. The van der Waals surface area contributed by atoms with Gasteiger partial charge in [0.15, 0.2) is 12.4 Å². The molecule has 0 aliphatic heterocycles. The first-order valence-corrected chi connectivity index (χ1v) is 4.15. The van der Waals surface area contributed by atoms with Gasteiger partial charge in [-0.2, -0.15) is 10.5 Å². The van der Waals surface area contributed by atoms with E-state index in [9.17, 15) is 0 Å². The first-order chi connectivity index (χ1) is 6.80. The second-order valence-electron chi connectivity index (χ2n) is 2.81. The van der Waals surface area contributed by atoms with E-state index in [0.717, 1.165) is 16.0 Å². The van der Waals surface area contributed by atoms with Crippen LogP contribution in [0.3, 0.4) is 0 Å². The summed E-state index contributed by atoms with van der Waals surface area (Å²) in [4.78, 5) is 1.01. The van der Waals surface area contributed by atoms with Gasteiger partial charge in [-0.1, -0.05) is 24.3 Å². The Morgan fingerprint density at radius 3 is 2.00 bits per heavy atom. The van der Waals surface area contributed by atoms with E-state index in [-0.39, 0.29) is 0 Å². The Morgan fingerprint density at radius 1 is 1.07 bits per heavy atom. The van der Waals surface area contributed by atoms with E-state index >= 15 is 0 Å². The van der Waals surface area contributed by atoms with E-state index in [1.54, 1.807) is 12.4 Å². The van der Waals surface area contributed by atoms with Crippen LogP contribution in [0.15, 0.2) is 24.3 Å². The molecule has 0 unspecified atom stereocenters. The third-order valence-corrected chi connectivity index (χ3v) is 1.84. The monoisotopic (exact) mass is 186 g/mol. The minimum absolute atomic E-state index is 0.317. The van der Waals surface area contributed by atoms with Gasteiger partial charge in [-0.15, -0.1) is 0 Å². The number of benzene rings is 1. The molecule has 1 rings (SSSR count). The van der Waals surface area contributed by atoms with Crippen LogP contribution >= 0.6 is 0 Å². The minimum atomic E-state index is 0.317. The van der Waals surface area contributed by atoms with Crippen molar-refractivity contribution in [3.63, 3.8) is 0 Å². The molecule has 0 fully saturated rings. The summed E-state index contributed by atoms with van der Waals surface area (Å²) < 4.78 is 0. The van der Waals surface area contributed by atoms with Crippen molar-refractivity contribution in [2.24, 2.45) is 5.73 Å². The second kappa shape index (κ2) is 4.86. The summed E-state index contributed by atoms with van der Waals surface area (Å²) in [6.07, 6.45) is 3.55. The molecule has 0 aliphatic carbocycles. The number of nitrogens with two attached hydrogens (primary N) is 1. The fraction of sp³-hybridized carbons (Fsp3) is 0.200. The zero-order valence-corrected chi connectivity index (χ0v) is 7.64. The van der Waals surface area contributed by atoms with Crippen molar-refractivity contribution in [2.75, 3.05) is 0 Å². The lowest BCUT2D eigenvalue weighted by Crippen LogP contribution is -2.09. The second-order valence-corrected chi connectivity index (χ2v) is 2.81. The van der Waals surface area contributed by atoms with Crippen molar-refractivity contribution in [3.05, 3.63) is 35.4 Å². The topological polar surface area (TPSA) is 76.8 Å². The predicted octanol–water partition coefficient (Wildman–Crippen LogP) is 0.909. The molecule has 0 heterocycles. The first-order valence-electron chi connectivity index (χ1n) is 4.15. The lowest BCUT2D eigenvalue weighted by molar-refractivity contribution is 0.539. The van der Waals surface area contributed by atoms with Crippen molar-refractivity contribution >= 4 is 0 Å². The third kappa shape index (κ3) is 2.48. The zero-order valence-electron chi connectivity index (χ0n) is 7.64. The van der Waals surface area contributed by atoms with Gasteiger partial charge in [-0.3, -0.25) is 0 Å². The smallest absolute Gasteiger partial charge is 0.194 e. The van der Waals surface area contributed by atoms with Crippen LogP contribution < -0.4 is 5.73 Å². The molecule has 0 aliphatic rings. The molecule has 1 aromatic carbocycles. The maximum atomic E-state index is 8.52. The molecule has 0 atom stereocenters. The van der Waals surface area contributed by atoms with Gasteiger partial charge < -0.3 is 5.73 Å². The SMILES string of the molecule is N#CN(C#N)Cc1ccc(CN)cc1. The van der Waals surface area contributed by atoms with Gasteiger partial charge in [0, 0.05) is 6.54 Å². The summed E-state index contributed by atoms with van der Waals surface area (Å²) in [6.45, 7) is 0.818. The van der Waals surface area contributed by atoms with Crippen molar-refractivity contribution in [2.45, 2.75) is 13.1 Å². The Morgan fingerprint density at radius 2 is 1.57 bits per heavy atom. The molecular formula is C10H10N4. The Bertz CT molecular complexity index is 355. The molecular weight excluding hydrogens is 176 g/mol. The maximum Gasteiger partial charge on any atom is 0.194 e. The van der Waals surface area contributed by atoms with Gasteiger partial charge in [0.25, 0.3) is 0 Å². The van der Waals surface area contributed by atoms with Gasteiger partial charge in [0.1, 0.15) is 0 Å². The van der Waals surface area contributed by atoms with E-state index in [0.29, 0.717) is 13.1 Å². The average molecular weight is 186 g/mol. The number of hydrogen-bond donors (Lipinski definition) is 1. The molecule has 70 valence electrons. The van der Waals surface area contributed by atoms with Crippen molar-refractivity contribution in [3.8, 4) is 12.4 Å². The molecule has 1 aromatic rings. The van der Waals surface area contributed by atoms with Crippen LogP contribution in [0.5, 0.6) is 0 Å². The van der Waals surface area contributed by atoms with Crippen LogP contribution in [-0.2, 0) is 13.1 Å². The van der Waals surface area contributed by atoms with Crippen LogP contribution in [0.2, 0.25) is 0 Å². The highest BCUT2D eigenvalue weighted by atomic mass is 15.1. The third-order valence-electron chi connectivity index (χ3n) is 1.84. The van der Waals surface area contributed by atoms with E-state index < -0.39 is 0 Å². The standard InChI is InChI=1S/C10H10N4/c11-5-9-1-3-10(4-2-9)6-14(7-12)8-13/h1-4H,5-6,11H2. The number of rotatable bonds is 3. The summed E-state index contributed by atoms with van der Waals surface area (Å²) in [5.41, 5.74) is 7.40. The highest BCUT2D eigenvalue weighted by Crippen LogP contribution is 2.06. The largest absolute Gasteiger partial charge is 0.326 e. The molecule has 0 saturated carbocycles. The quantitative estimate of drug-likeness (QED) is 0.562. The summed E-state index contributed by atoms with van der Waals surface area (Å²) in [5.74, 6) is 0. The van der Waals surface area contributed by atoms with Crippen LogP contribution in [0.25, 0.3) is 0 Å². The van der Waals surface area contributed by atoms with Crippen molar-refractivity contribution < 1.29 is 0 Å². The van der Waals surface area contributed by atoms with Gasteiger partial charge in [0.05, 0.1) is 6.54 Å². The predicted molar refractivity (Wildman–Crippen MR) is 51.1 cm³/mol. The maximum absolute atomic E-state index is 8.52. The highest BCUT2D eigenvalue weighted by molar-refractivity contribution is 5.22. The molecule has 0 saturated heterocycles. The molecule has 0 aromatic heterocycles. The molecule has 14 heavy (non-hydrogen) atoms. The average Bonchev–Trinajstić information content (AvgIpc) is 2.26. The molecule has 4 heteroatoms. The van der Waals surface area contributed by atoms with E-state index in [1.807, 2.05) is 24.3 Å². The van der Waals surface area contributed by atoms with E-state index in [2.05, 4.69) is 0 Å². The zero-order chi connectivity index (χ0) is 10.4. The Kier molecular flexibility index (Phi) is 3.49. The summed E-state index contributed by atoms with van der Waals surface area (Å²) in [5, 5.41) is 17.0. The summed E-state index contributed by atoms with van der Waals surface area (Å²) in [6, 6.07) is 7.51. The van der Waals surface area contributed by atoms with Gasteiger partial charge in [-0.25, -0.2) is 4.90 Å². The summed E-state index contributed by atoms with van der Waals surface area (Å²) >= 11 is 0. The molecule has 0 amide bonds. The minimum Gasteiger partial charge on any atom is -0.326 e. The first kappa shape index (κ1) is 10.0. The number of nitrogens with zero attached hydrogens (tertiary/aromatic N) is 3. The van der Waals surface area contributed by atoms with Gasteiger partial charge in [-0.05, 0) is 11.1 Å². The van der Waals surface area contributed by atoms with Crippen LogP contribution in [0.4, 0.5) is 0 Å². The van der Waals surface area contributed by atoms with Crippen LogP contribution in [0, 0.1) is 22.9 Å². The lowest BCUT2D eigenvalue weighted by atomic mass is 10.1. The number of hydrogen-bond acceptors (Lipinski definition) is 4. The van der Waals surface area contributed by atoms with E-state index in [4.69, 9.17) is 16.3 Å². The van der Waals surface area contributed by atoms with Crippen molar-refractivity contribution in [1.29, 1.82) is 10.5 Å². The van der Waals surface area contributed by atoms with Crippen LogP contribution in [-0.4, -0.2) is 4.90 Å². The Balaban J connectivity index is 2.70. The Labute approximate surface area is 82.8 Å². The lowest BCUT2D eigenvalue weighted by Gasteiger charge is -2.05. The fourth-order valence-electron chi connectivity index (χ4n) is 1.06.